The normalized spacial score (nSPS) is 11.6. The molecule has 0 aliphatic rings. The molecule has 3 rings (SSSR count). The summed E-state index contributed by atoms with van der Waals surface area (Å²) >= 11 is 5.62. The van der Waals surface area contributed by atoms with Crippen LogP contribution < -0.4 is 10.0 Å². The second kappa shape index (κ2) is 7.77. The maximum absolute atomic E-state index is 12.4. The maximum atomic E-state index is 12.4. The summed E-state index contributed by atoms with van der Waals surface area (Å²) in [5.41, 5.74) is 0.708. The van der Waals surface area contributed by atoms with E-state index in [1.54, 1.807) is 0 Å². The van der Waals surface area contributed by atoms with Crippen LogP contribution in [0.2, 0.25) is 5.15 Å². The quantitative estimate of drug-likeness (QED) is 0.516. The van der Waals surface area contributed by atoms with Gasteiger partial charge in [0.25, 0.3) is 10.0 Å². The monoisotopic (exact) mass is 403 g/mol. The molecule has 136 valence electrons. The Labute approximate surface area is 158 Å². The van der Waals surface area contributed by atoms with Gasteiger partial charge in [-0.2, -0.15) is 10.5 Å². The Bertz CT molecular complexity index is 1090. The zero-order chi connectivity index (χ0) is 19.3. The molecule has 2 aromatic heterocycles. The molecule has 0 unspecified atom stereocenters. The highest BCUT2D eigenvalue weighted by Crippen LogP contribution is 2.18. The number of sulfonamides is 1. The van der Waals surface area contributed by atoms with Gasteiger partial charge in [-0.05, 0) is 41.6 Å². The number of nitrogens with zero attached hydrogens (tertiary/aromatic N) is 6. The summed E-state index contributed by atoms with van der Waals surface area (Å²) < 4.78 is 27.0. The summed E-state index contributed by atoms with van der Waals surface area (Å²) in [6.45, 7) is 0. The predicted molar refractivity (Wildman–Crippen MR) is 95.7 cm³/mol. The summed E-state index contributed by atoms with van der Waals surface area (Å²) in [6, 6.07) is 10.6. The second-order valence-electron chi connectivity index (χ2n) is 4.92. The van der Waals surface area contributed by atoms with Gasteiger partial charge in [-0.3, -0.25) is 4.72 Å². The van der Waals surface area contributed by atoms with Gasteiger partial charge < -0.3 is 5.32 Å². The van der Waals surface area contributed by atoms with Crippen molar-refractivity contribution >= 4 is 38.7 Å². The van der Waals surface area contributed by atoms with E-state index in [1.807, 2.05) is 6.07 Å². The van der Waals surface area contributed by atoms with Crippen LogP contribution >= 0.6 is 11.6 Å². The molecule has 0 bridgehead atoms. The highest BCUT2D eigenvalue weighted by atomic mass is 35.5. The van der Waals surface area contributed by atoms with Gasteiger partial charge >= 0.3 is 0 Å². The fourth-order valence-electron chi connectivity index (χ4n) is 1.88. The van der Waals surface area contributed by atoms with Gasteiger partial charge in [-0.25, -0.2) is 8.42 Å². The Morgan fingerprint density at radius 3 is 2.52 bits per heavy atom. The van der Waals surface area contributed by atoms with E-state index in [2.05, 4.69) is 40.9 Å². The van der Waals surface area contributed by atoms with Crippen molar-refractivity contribution in [2.75, 3.05) is 10.0 Å². The SMILES string of the molecule is N#CC(=CNc1ccc(S(=O)(=O)Nc2ccc(Cl)nn2)cc1)c1nn[nH]n1. The fraction of sp³-hybridized carbons (Fsp3) is 0. The summed E-state index contributed by atoms with van der Waals surface area (Å²) in [6.07, 6.45) is 1.38. The van der Waals surface area contributed by atoms with Crippen LogP contribution in [-0.2, 0) is 10.0 Å². The lowest BCUT2D eigenvalue weighted by Gasteiger charge is -2.08. The third-order valence-corrected chi connectivity index (χ3v) is 4.70. The molecule has 3 N–H and O–H groups in total. The van der Waals surface area contributed by atoms with E-state index in [-0.39, 0.29) is 27.3 Å². The molecule has 0 aliphatic carbocycles. The average Bonchev–Trinajstić information content (AvgIpc) is 3.19. The van der Waals surface area contributed by atoms with Gasteiger partial charge in [0.05, 0.1) is 4.90 Å². The average molecular weight is 404 g/mol. The molecule has 0 fully saturated rings. The lowest BCUT2D eigenvalue weighted by atomic mass is 10.3. The minimum absolute atomic E-state index is 0.0208. The lowest BCUT2D eigenvalue weighted by Crippen LogP contribution is -2.14. The summed E-state index contributed by atoms with van der Waals surface area (Å²) in [5.74, 6) is 0.181. The van der Waals surface area contributed by atoms with E-state index >= 15 is 0 Å². The topological polar surface area (TPSA) is 162 Å². The zero-order valence-corrected chi connectivity index (χ0v) is 14.9. The van der Waals surface area contributed by atoms with Gasteiger partial charge in [0, 0.05) is 11.9 Å². The van der Waals surface area contributed by atoms with Gasteiger partial charge in [0.2, 0.25) is 5.82 Å². The molecule has 0 aliphatic heterocycles. The molecule has 3 aromatic rings. The minimum atomic E-state index is -3.84. The van der Waals surface area contributed by atoms with Gasteiger partial charge in [-0.15, -0.1) is 20.4 Å². The Balaban J connectivity index is 1.73. The Hall–Kier alpha value is -3.56. The lowest BCUT2D eigenvalue weighted by molar-refractivity contribution is 0.601. The van der Waals surface area contributed by atoms with Crippen molar-refractivity contribution in [2.24, 2.45) is 0 Å². The Morgan fingerprint density at radius 2 is 1.93 bits per heavy atom. The molecule has 13 heteroatoms. The largest absolute Gasteiger partial charge is 0.360 e. The van der Waals surface area contributed by atoms with Crippen molar-refractivity contribution in [1.29, 1.82) is 5.26 Å². The van der Waals surface area contributed by atoms with Crippen LogP contribution in [0, 0.1) is 11.3 Å². The third-order valence-electron chi connectivity index (χ3n) is 3.13. The Morgan fingerprint density at radius 1 is 1.15 bits per heavy atom. The first-order valence-electron chi connectivity index (χ1n) is 7.21. The van der Waals surface area contributed by atoms with Crippen molar-refractivity contribution < 1.29 is 8.42 Å². The number of tetrazole rings is 1. The molecule has 0 spiro atoms. The fourth-order valence-corrected chi connectivity index (χ4v) is 2.97. The molecule has 2 heterocycles. The van der Waals surface area contributed by atoms with Gasteiger partial charge in [0.15, 0.2) is 11.0 Å². The molecular weight excluding hydrogens is 394 g/mol. The molecule has 0 atom stereocenters. The van der Waals surface area contributed by atoms with Crippen LogP contribution in [0.4, 0.5) is 11.5 Å². The number of nitriles is 1. The van der Waals surface area contributed by atoms with Crippen LogP contribution in [0.5, 0.6) is 0 Å². The molecule has 0 saturated heterocycles. The second-order valence-corrected chi connectivity index (χ2v) is 6.99. The minimum Gasteiger partial charge on any atom is -0.360 e. The van der Waals surface area contributed by atoms with E-state index in [1.165, 1.54) is 42.6 Å². The van der Waals surface area contributed by atoms with E-state index in [0.29, 0.717) is 5.69 Å². The standard InChI is InChI=1S/C14H10ClN9O2S/c15-12-5-6-13(19-18-12)22-27(25,26)11-3-1-10(2-4-11)17-8-9(7-16)14-20-23-24-21-14/h1-6,8,17H,(H,19,22)(H,20,21,23,24). The number of halogens is 1. The number of hydrogen-bond acceptors (Lipinski definition) is 9. The van der Waals surface area contributed by atoms with Crippen molar-refractivity contribution in [1.82, 2.24) is 30.8 Å². The number of rotatable bonds is 6. The van der Waals surface area contributed by atoms with E-state index in [0.717, 1.165) is 0 Å². The summed E-state index contributed by atoms with van der Waals surface area (Å²) in [4.78, 5) is 0.0208. The number of allylic oxidation sites excluding steroid dienone is 1. The molecule has 27 heavy (non-hydrogen) atoms. The summed E-state index contributed by atoms with van der Waals surface area (Å²) in [5, 5.41) is 32.4. The first kappa shape index (κ1) is 18.2. The maximum Gasteiger partial charge on any atom is 0.263 e. The first-order chi connectivity index (χ1) is 13.0. The molecule has 0 saturated carbocycles. The smallest absolute Gasteiger partial charge is 0.263 e. The van der Waals surface area contributed by atoms with E-state index in [9.17, 15) is 8.42 Å². The van der Waals surface area contributed by atoms with Crippen LogP contribution in [-0.4, -0.2) is 39.2 Å². The highest BCUT2D eigenvalue weighted by molar-refractivity contribution is 7.92. The van der Waals surface area contributed by atoms with E-state index in [4.69, 9.17) is 16.9 Å². The van der Waals surface area contributed by atoms with Crippen LogP contribution in [0.15, 0.2) is 47.5 Å². The van der Waals surface area contributed by atoms with Crippen molar-refractivity contribution in [3.63, 3.8) is 0 Å². The van der Waals surface area contributed by atoms with E-state index < -0.39 is 10.0 Å². The van der Waals surface area contributed by atoms with Crippen molar-refractivity contribution in [3.05, 3.63) is 53.6 Å². The number of anilines is 2. The summed E-state index contributed by atoms with van der Waals surface area (Å²) in [7, 11) is -3.84. The highest BCUT2D eigenvalue weighted by Gasteiger charge is 2.15. The molecule has 11 nitrogen and oxygen atoms in total. The van der Waals surface area contributed by atoms with Gasteiger partial charge in [-0.1, -0.05) is 11.6 Å². The number of aromatic nitrogens is 6. The number of aromatic amines is 1. The number of nitrogens with one attached hydrogen (secondary N) is 3. The van der Waals surface area contributed by atoms with Crippen molar-refractivity contribution in [3.8, 4) is 6.07 Å². The molecular formula is C14H10ClN9O2S. The molecule has 1 aromatic carbocycles. The Kier molecular flexibility index (Phi) is 5.25. The third kappa shape index (κ3) is 4.54. The number of hydrogen-bond donors (Lipinski definition) is 3. The zero-order valence-electron chi connectivity index (χ0n) is 13.3. The number of benzene rings is 1. The number of H-pyrrole nitrogens is 1. The molecule has 0 radical (unpaired) electrons. The first-order valence-corrected chi connectivity index (χ1v) is 9.07. The van der Waals surface area contributed by atoms with Gasteiger partial charge in [0.1, 0.15) is 11.6 Å². The van der Waals surface area contributed by atoms with Crippen LogP contribution in [0.1, 0.15) is 5.82 Å². The van der Waals surface area contributed by atoms with Crippen molar-refractivity contribution in [2.45, 2.75) is 4.90 Å². The predicted octanol–water partition coefficient (Wildman–Crippen LogP) is 1.42. The molecule has 0 amide bonds. The van der Waals surface area contributed by atoms with Crippen LogP contribution in [0.25, 0.3) is 5.57 Å². The van der Waals surface area contributed by atoms with Crippen LogP contribution in [0.3, 0.4) is 0 Å².